The second-order valence-corrected chi connectivity index (χ2v) is 5.06. The molecular formula is C15H17N7O2. The Morgan fingerprint density at radius 2 is 2.17 bits per heavy atom. The fourth-order valence-electron chi connectivity index (χ4n) is 2.34. The van der Waals surface area contributed by atoms with Crippen LogP contribution in [-0.2, 0) is 6.54 Å². The molecule has 0 unspecified atom stereocenters. The molecule has 9 nitrogen and oxygen atoms in total. The van der Waals surface area contributed by atoms with Gasteiger partial charge in [-0.2, -0.15) is 5.10 Å². The number of tetrazole rings is 1. The average molecular weight is 327 g/mol. The molecule has 1 amide bonds. The molecule has 3 aromatic rings. The Morgan fingerprint density at radius 3 is 2.92 bits per heavy atom. The fraction of sp³-hybridized carbons (Fsp3) is 0.267. The van der Waals surface area contributed by atoms with Gasteiger partial charge in [0.15, 0.2) is 0 Å². The minimum atomic E-state index is -0.193. The lowest BCUT2D eigenvalue weighted by atomic mass is 10.2. The number of methoxy groups -OCH3 is 1. The summed E-state index contributed by atoms with van der Waals surface area (Å²) < 4.78 is 8.58. The van der Waals surface area contributed by atoms with Crippen LogP contribution in [0.5, 0.6) is 5.75 Å². The third-order valence-corrected chi connectivity index (χ3v) is 3.59. The summed E-state index contributed by atoms with van der Waals surface area (Å²) in [6.45, 7) is 2.76. The van der Waals surface area contributed by atoms with Gasteiger partial charge < -0.3 is 10.1 Å². The number of nitrogens with one attached hydrogen (secondary N) is 1. The first-order chi connectivity index (χ1) is 11.7. The number of carbonyl (C=O) groups is 1. The first-order valence-electron chi connectivity index (χ1n) is 7.37. The van der Waals surface area contributed by atoms with Gasteiger partial charge in [-0.1, -0.05) is 12.1 Å². The summed E-state index contributed by atoms with van der Waals surface area (Å²) in [5, 5.41) is 18.0. The largest absolute Gasteiger partial charge is 0.494 e. The van der Waals surface area contributed by atoms with Gasteiger partial charge in [0.1, 0.15) is 17.8 Å². The SMILES string of the molecule is COc1ccccc1-n1ncc(C(=O)NCCn2cnnn2)c1C. The third kappa shape index (κ3) is 3.09. The zero-order chi connectivity index (χ0) is 16.9. The van der Waals surface area contributed by atoms with Gasteiger partial charge in [0.25, 0.3) is 5.91 Å². The van der Waals surface area contributed by atoms with Crippen molar-refractivity contribution >= 4 is 5.91 Å². The molecule has 24 heavy (non-hydrogen) atoms. The van der Waals surface area contributed by atoms with E-state index in [9.17, 15) is 4.79 Å². The molecule has 2 aromatic heterocycles. The van der Waals surface area contributed by atoms with Crippen LogP contribution in [-0.4, -0.2) is 49.5 Å². The molecule has 0 aliphatic carbocycles. The number of nitrogens with zero attached hydrogens (tertiary/aromatic N) is 6. The lowest BCUT2D eigenvalue weighted by Crippen LogP contribution is -2.27. The van der Waals surface area contributed by atoms with Crippen LogP contribution in [0.2, 0.25) is 0 Å². The number of amides is 1. The lowest BCUT2D eigenvalue weighted by molar-refractivity contribution is 0.0951. The molecule has 0 fully saturated rings. The number of rotatable bonds is 6. The number of ether oxygens (including phenoxy) is 1. The molecule has 0 aliphatic rings. The zero-order valence-electron chi connectivity index (χ0n) is 13.4. The highest BCUT2D eigenvalue weighted by atomic mass is 16.5. The van der Waals surface area contributed by atoms with Crippen LogP contribution >= 0.6 is 0 Å². The van der Waals surface area contributed by atoms with E-state index in [1.165, 1.54) is 6.33 Å². The number of hydrogen-bond acceptors (Lipinski definition) is 6. The summed E-state index contributed by atoms with van der Waals surface area (Å²) in [5.41, 5.74) is 2.03. The van der Waals surface area contributed by atoms with Crippen LogP contribution in [0.1, 0.15) is 16.1 Å². The molecule has 1 N–H and O–H groups in total. The number of para-hydroxylation sites is 2. The van der Waals surface area contributed by atoms with Crippen molar-refractivity contribution in [1.29, 1.82) is 0 Å². The molecule has 124 valence electrons. The summed E-state index contributed by atoms with van der Waals surface area (Å²) in [7, 11) is 1.60. The first-order valence-corrected chi connectivity index (χ1v) is 7.37. The van der Waals surface area contributed by atoms with Crippen molar-refractivity contribution in [2.75, 3.05) is 13.7 Å². The minimum absolute atomic E-state index is 0.193. The second-order valence-electron chi connectivity index (χ2n) is 5.06. The average Bonchev–Trinajstić information content (AvgIpc) is 3.24. The monoisotopic (exact) mass is 327 g/mol. The molecule has 0 spiro atoms. The molecule has 9 heteroatoms. The van der Waals surface area contributed by atoms with Crippen molar-refractivity contribution in [1.82, 2.24) is 35.3 Å². The van der Waals surface area contributed by atoms with E-state index in [1.807, 2.05) is 31.2 Å². The van der Waals surface area contributed by atoms with Gasteiger partial charge in [-0.15, -0.1) is 5.10 Å². The van der Waals surface area contributed by atoms with Crippen molar-refractivity contribution < 1.29 is 9.53 Å². The number of carbonyl (C=O) groups excluding carboxylic acids is 1. The Morgan fingerprint density at radius 1 is 1.33 bits per heavy atom. The molecule has 3 rings (SSSR count). The summed E-state index contributed by atoms with van der Waals surface area (Å²) in [6.07, 6.45) is 3.05. The Bertz CT molecular complexity index is 826. The van der Waals surface area contributed by atoms with E-state index in [0.29, 0.717) is 24.4 Å². The molecule has 0 aliphatic heterocycles. The van der Waals surface area contributed by atoms with E-state index in [-0.39, 0.29) is 5.91 Å². The van der Waals surface area contributed by atoms with Crippen molar-refractivity contribution in [3.63, 3.8) is 0 Å². The molecule has 2 heterocycles. The van der Waals surface area contributed by atoms with Gasteiger partial charge in [0, 0.05) is 6.54 Å². The highest BCUT2D eigenvalue weighted by Crippen LogP contribution is 2.23. The normalized spacial score (nSPS) is 10.6. The maximum absolute atomic E-state index is 12.3. The molecule has 0 bridgehead atoms. The Labute approximate surface area is 138 Å². The molecule has 0 saturated heterocycles. The van der Waals surface area contributed by atoms with Crippen LogP contribution in [0, 0.1) is 6.92 Å². The topological polar surface area (TPSA) is 99.8 Å². The molecule has 1 aromatic carbocycles. The van der Waals surface area contributed by atoms with Crippen LogP contribution in [0.25, 0.3) is 5.69 Å². The molecular weight excluding hydrogens is 310 g/mol. The maximum Gasteiger partial charge on any atom is 0.254 e. The van der Waals surface area contributed by atoms with Gasteiger partial charge in [-0.25, -0.2) is 9.36 Å². The van der Waals surface area contributed by atoms with Gasteiger partial charge in [-0.3, -0.25) is 4.79 Å². The van der Waals surface area contributed by atoms with E-state index in [1.54, 1.807) is 22.7 Å². The predicted octanol–water partition coefficient (Wildman–Crippen LogP) is 0.606. The number of aromatic nitrogens is 6. The predicted molar refractivity (Wildman–Crippen MR) is 85.0 cm³/mol. The molecule has 0 atom stereocenters. The van der Waals surface area contributed by atoms with E-state index >= 15 is 0 Å². The summed E-state index contributed by atoms with van der Waals surface area (Å²) >= 11 is 0. The van der Waals surface area contributed by atoms with Crippen molar-refractivity contribution in [2.24, 2.45) is 0 Å². The molecule has 0 radical (unpaired) electrons. The second kappa shape index (κ2) is 6.90. The fourth-order valence-corrected chi connectivity index (χ4v) is 2.34. The first kappa shape index (κ1) is 15.7. The molecule has 0 saturated carbocycles. The Kier molecular flexibility index (Phi) is 4.50. The summed E-state index contributed by atoms with van der Waals surface area (Å²) in [6, 6.07) is 7.51. The Balaban J connectivity index is 1.73. The van der Waals surface area contributed by atoms with E-state index in [0.717, 1.165) is 11.4 Å². The van der Waals surface area contributed by atoms with E-state index in [4.69, 9.17) is 4.74 Å². The van der Waals surface area contributed by atoms with Gasteiger partial charge in [-0.05, 0) is 29.5 Å². The van der Waals surface area contributed by atoms with E-state index < -0.39 is 0 Å². The lowest BCUT2D eigenvalue weighted by Gasteiger charge is -2.10. The smallest absolute Gasteiger partial charge is 0.254 e. The van der Waals surface area contributed by atoms with Crippen LogP contribution in [0.15, 0.2) is 36.8 Å². The highest BCUT2D eigenvalue weighted by Gasteiger charge is 2.16. The van der Waals surface area contributed by atoms with Gasteiger partial charge >= 0.3 is 0 Å². The third-order valence-electron chi connectivity index (χ3n) is 3.59. The quantitative estimate of drug-likeness (QED) is 0.712. The van der Waals surface area contributed by atoms with Crippen LogP contribution < -0.4 is 10.1 Å². The summed E-state index contributed by atoms with van der Waals surface area (Å²) in [5.74, 6) is 0.496. The Hall–Kier alpha value is -3.23. The summed E-state index contributed by atoms with van der Waals surface area (Å²) in [4.78, 5) is 12.3. The standard InChI is InChI=1S/C15H17N7O2/c1-11-12(15(23)16-7-8-21-10-17-19-20-21)9-18-22(11)13-5-3-4-6-14(13)24-2/h3-6,9-10H,7-8H2,1-2H3,(H,16,23). The number of hydrogen-bond donors (Lipinski definition) is 1. The number of benzene rings is 1. The minimum Gasteiger partial charge on any atom is -0.494 e. The van der Waals surface area contributed by atoms with Crippen molar-refractivity contribution in [2.45, 2.75) is 13.5 Å². The van der Waals surface area contributed by atoms with E-state index in [2.05, 4.69) is 25.9 Å². The maximum atomic E-state index is 12.3. The van der Waals surface area contributed by atoms with Crippen molar-refractivity contribution in [3.8, 4) is 11.4 Å². The van der Waals surface area contributed by atoms with Gasteiger partial charge in [0.2, 0.25) is 0 Å². The highest BCUT2D eigenvalue weighted by molar-refractivity contribution is 5.95. The van der Waals surface area contributed by atoms with Gasteiger partial charge in [0.05, 0.1) is 31.1 Å². The van der Waals surface area contributed by atoms with Crippen LogP contribution in [0.4, 0.5) is 0 Å². The zero-order valence-corrected chi connectivity index (χ0v) is 13.4. The van der Waals surface area contributed by atoms with Crippen LogP contribution in [0.3, 0.4) is 0 Å². The van der Waals surface area contributed by atoms with Crippen molar-refractivity contribution in [3.05, 3.63) is 48.0 Å².